The summed E-state index contributed by atoms with van der Waals surface area (Å²) in [6, 6.07) is 10.4. The Morgan fingerprint density at radius 2 is 1.94 bits per heavy atom. The minimum Gasteiger partial charge on any atom is -0.384 e. The van der Waals surface area contributed by atoms with Gasteiger partial charge in [0.2, 0.25) is 0 Å². The van der Waals surface area contributed by atoms with E-state index in [4.69, 9.17) is 16.9 Å². The third-order valence-electron chi connectivity index (χ3n) is 2.45. The molecular formula is C13H9ClN2O. The van der Waals surface area contributed by atoms with Crippen LogP contribution in [0.2, 0.25) is 5.02 Å². The first-order valence-electron chi connectivity index (χ1n) is 5.00. The van der Waals surface area contributed by atoms with Gasteiger partial charge in [0.25, 0.3) is 0 Å². The number of aliphatic hydroxyl groups is 1. The molecule has 0 spiro atoms. The lowest BCUT2D eigenvalue weighted by Crippen LogP contribution is -2.01. The van der Waals surface area contributed by atoms with Crippen LogP contribution >= 0.6 is 11.6 Å². The number of hydrogen-bond donors (Lipinski definition) is 1. The van der Waals surface area contributed by atoms with Crippen molar-refractivity contribution < 1.29 is 5.11 Å². The van der Waals surface area contributed by atoms with Crippen molar-refractivity contribution in [2.75, 3.05) is 0 Å². The second-order valence-electron chi connectivity index (χ2n) is 3.53. The number of halogens is 1. The highest BCUT2D eigenvalue weighted by Gasteiger charge is 2.13. The third kappa shape index (κ3) is 2.44. The van der Waals surface area contributed by atoms with Crippen LogP contribution in [0, 0.1) is 11.3 Å². The van der Waals surface area contributed by atoms with Crippen LogP contribution in [-0.2, 0) is 0 Å². The zero-order chi connectivity index (χ0) is 12.3. The molecule has 0 aliphatic rings. The van der Waals surface area contributed by atoms with Gasteiger partial charge in [-0.05, 0) is 23.8 Å². The van der Waals surface area contributed by atoms with Crippen molar-refractivity contribution in [3.63, 3.8) is 0 Å². The predicted octanol–water partition coefficient (Wildman–Crippen LogP) is 2.69. The van der Waals surface area contributed by atoms with Crippen LogP contribution in [0.3, 0.4) is 0 Å². The molecule has 0 saturated heterocycles. The van der Waals surface area contributed by atoms with E-state index in [-0.39, 0.29) is 0 Å². The summed E-state index contributed by atoms with van der Waals surface area (Å²) in [4.78, 5) is 3.93. The van der Waals surface area contributed by atoms with E-state index in [1.807, 2.05) is 6.07 Å². The molecule has 0 aliphatic carbocycles. The molecule has 1 aromatic heterocycles. The average molecular weight is 245 g/mol. The predicted molar refractivity (Wildman–Crippen MR) is 64.5 cm³/mol. The molecule has 1 N–H and O–H groups in total. The van der Waals surface area contributed by atoms with Crippen LogP contribution in [0.1, 0.15) is 22.8 Å². The molecule has 17 heavy (non-hydrogen) atoms. The van der Waals surface area contributed by atoms with Crippen molar-refractivity contribution in [1.82, 2.24) is 4.98 Å². The standard InChI is InChI=1S/C13H9ClN2O/c14-12-5-6-16-8-11(12)13(17)10-3-1-9(7-15)2-4-10/h1-6,8,13,17H/t13-/m1/s1. The Balaban J connectivity index is 2.34. The molecule has 4 heteroatoms. The maximum Gasteiger partial charge on any atom is 0.107 e. The third-order valence-corrected chi connectivity index (χ3v) is 2.79. The normalized spacial score (nSPS) is 11.8. The van der Waals surface area contributed by atoms with E-state index in [2.05, 4.69) is 4.98 Å². The Morgan fingerprint density at radius 1 is 1.24 bits per heavy atom. The lowest BCUT2D eigenvalue weighted by atomic mass is 10.0. The molecule has 1 heterocycles. The topological polar surface area (TPSA) is 56.9 Å². The zero-order valence-electron chi connectivity index (χ0n) is 8.84. The van der Waals surface area contributed by atoms with Gasteiger partial charge in [0.1, 0.15) is 6.10 Å². The SMILES string of the molecule is N#Cc1ccc([C@@H](O)c2cnccc2Cl)cc1. The lowest BCUT2D eigenvalue weighted by molar-refractivity contribution is 0.220. The molecule has 1 aromatic carbocycles. The number of nitrogens with zero attached hydrogens (tertiary/aromatic N) is 2. The summed E-state index contributed by atoms with van der Waals surface area (Å²) in [6.45, 7) is 0. The number of benzene rings is 1. The zero-order valence-corrected chi connectivity index (χ0v) is 9.59. The highest BCUT2D eigenvalue weighted by atomic mass is 35.5. The van der Waals surface area contributed by atoms with Gasteiger partial charge in [-0.2, -0.15) is 5.26 Å². The Labute approximate surface area is 104 Å². The van der Waals surface area contributed by atoms with E-state index in [1.165, 1.54) is 6.20 Å². The molecule has 0 aliphatic heterocycles. The van der Waals surface area contributed by atoms with E-state index >= 15 is 0 Å². The van der Waals surface area contributed by atoms with Gasteiger partial charge in [-0.3, -0.25) is 4.98 Å². The molecule has 0 bridgehead atoms. The molecule has 0 saturated carbocycles. The van der Waals surface area contributed by atoms with Crippen molar-refractivity contribution in [2.24, 2.45) is 0 Å². The summed E-state index contributed by atoms with van der Waals surface area (Å²) in [5.41, 5.74) is 1.79. The van der Waals surface area contributed by atoms with Crippen LogP contribution in [0.25, 0.3) is 0 Å². The molecule has 2 aromatic rings. The summed E-state index contributed by atoms with van der Waals surface area (Å²) in [5, 5.41) is 19.3. The molecule has 0 fully saturated rings. The largest absolute Gasteiger partial charge is 0.384 e. The van der Waals surface area contributed by atoms with Gasteiger partial charge >= 0.3 is 0 Å². The number of rotatable bonds is 2. The monoisotopic (exact) mass is 244 g/mol. The number of pyridine rings is 1. The molecule has 84 valence electrons. The number of aliphatic hydroxyl groups excluding tert-OH is 1. The highest BCUT2D eigenvalue weighted by Crippen LogP contribution is 2.27. The van der Waals surface area contributed by atoms with Crippen molar-refractivity contribution in [3.05, 3.63) is 64.4 Å². The smallest absolute Gasteiger partial charge is 0.107 e. The molecular weight excluding hydrogens is 236 g/mol. The quantitative estimate of drug-likeness (QED) is 0.884. The summed E-state index contributed by atoms with van der Waals surface area (Å²) >= 11 is 5.98. The number of hydrogen-bond acceptors (Lipinski definition) is 3. The Hall–Kier alpha value is -1.89. The van der Waals surface area contributed by atoms with E-state index in [0.717, 1.165) is 0 Å². The van der Waals surface area contributed by atoms with Gasteiger partial charge in [-0.1, -0.05) is 23.7 Å². The fraction of sp³-hybridized carbons (Fsp3) is 0.0769. The first kappa shape index (κ1) is 11.6. The average Bonchev–Trinajstić information content (AvgIpc) is 2.39. The van der Waals surface area contributed by atoms with E-state index in [9.17, 15) is 5.11 Å². The van der Waals surface area contributed by atoms with Crippen molar-refractivity contribution in [1.29, 1.82) is 5.26 Å². The fourth-order valence-electron chi connectivity index (χ4n) is 1.51. The molecule has 2 rings (SSSR count). The first-order chi connectivity index (χ1) is 8.22. The van der Waals surface area contributed by atoms with E-state index in [1.54, 1.807) is 36.5 Å². The number of nitriles is 1. The van der Waals surface area contributed by atoms with Crippen LogP contribution < -0.4 is 0 Å². The molecule has 1 atom stereocenters. The summed E-state index contributed by atoms with van der Waals surface area (Å²) in [7, 11) is 0. The first-order valence-corrected chi connectivity index (χ1v) is 5.37. The minimum atomic E-state index is -0.830. The molecule has 3 nitrogen and oxygen atoms in total. The van der Waals surface area contributed by atoms with Gasteiger partial charge in [-0.15, -0.1) is 0 Å². The van der Waals surface area contributed by atoms with E-state index < -0.39 is 6.10 Å². The maximum absolute atomic E-state index is 10.1. The van der Waals surface area contributed by atoms with Crippen molar-refractivity contribution >= 4 is 11.6 Å². The van der Waals surface area contributed by atoms with Crippen molar-refractivity contribution in [3.8, 4) is 6.07 Å². The van der Waals surface area contributed by atoms with Gasteiger partial charge in [0.15, 0.2) is 0 Å². The van der Waals surface area contributed by atoms with E-state index in [0.29, 0.717) is 21.7 Å². The van der Waals surface area contributed by atoms with Crippen LogP contribution in [-0.4, -0.2) is 10.1 Å². The molecule has 0 unspecified atom stereocenters. The second-order valence-corrected chi connectivity index (χ2v) is 3.94. The molecule has 0 radical (unpaired) electrons. The van der Waals surface area contributed by atoms with Crippen LogP contribution in [0.4, 0.5) is 0 Å². The van der Waals surface area contributed by atoms with Gasteiger partial charge < -0.3 is 5.11 Å². The summed E-state index contributed by atoms with van der Waals surface area (Å²) < 4.78 is 0. The van der Waals surface area contributed by atoms with Crippen LogP contribution in [0.5, 0.6) is 0 Å². The Bertz CT molecular complexity index is 560. The van der Waals surface area contributed by atoms with Gasteiger partial charge in [0, 0.05) is 23.0 Å². The summed E-state index contributed by atoms with van der Waals surface area (Å²) in [6.07, 6.45) is 2.27. The lowest BCUT2D eigenvalue weighted by Gasteiger charge is -2.12. The minimum absolute atomic E-state index is 0.469. The van der Waals surface area contributed by atoms with Gasteiger partial charge in [0.05, 0.1) is 11.6 Å². The summed E-state index contributed by atoms with van der Waals surface area (Å²) in [5.74, 6) is 0. The van der Waals surface area contributed by atoms with Crippen molar-refractivity contribution in [2.45, 2.75) is 6.10 Å². The van der Waals surface area contributed by atoms with Crippen LogP contribution in [0.15, 0.2) is 42.7 Å². The second kappa shape index (κ2) is 4.96. The maximum atomic E-state index is 10.1. The fourth-order valence-corrected chi connectivity index (χ4v) is 1.72. The van der Waals surface area contributed by atoms with Gasteiger partial charge in [-0.25, -0.2) is 0 Å². The Morgan fingerprint density at radius 3 is 2.53 bits per heavy atom. The number of aromatic nitrogens is 1. The molecule has 0 amide bonds. The Kier molecular flexibility index (Phi) is 3.38. The highest BCUT2D eigenvalue weighted by molar-refractivity contribution is 6.31.